The van der Waals surface area contributed by atoms with Gasteiger partial charge < -0.3 is 4.90 Å². The van der Waals surface area contributed by atoms with Gasteiger partial charge in [0.25, 0.3) is 5.91 Å². The van der Waals surface area contributed by atoms with E-state index in [1.807, 2.05) is 47.4 Å². The highest BCUT2D eigenvalue weighted by molar-refractivity contribution is 6.33. The minimum absolute atomic E-state index is 0.247. The van der Waals surface area contributed by atoms with Crippen molar-refractivity contribution >= 4 is 40.3 Å². The predicted octanol–water partition coefficient (Wildman–Crippen LogP) is 4.02. The monoisotopic (exact) mass is 486 g/mol. The summed E-state index contributed by atoms with van der Waals surface area (Å²) in [5.74, 6) is -0.363. The first-order chi connectivity index (χ1) is 17.1. The summed E-state index contributed by atoms with van der Waals surface area (Å²) < 4.78 is 0. The number of hydrogen-bond donors (Lipinski definition) is 2. The van der Waals surface area contributed by atoms with Gasteiger partial charge in [-0.05, 0) is 37.1 Å². The lowest BCUT2D eigenvalue weighted by Gasteiger charge is -2.31. The highest BCUT2D eigenvalue weighted by atomic mass is 35.5. The molecule has 0 unspecified atom stereocenters. The van der Waals surface area contributed by atoms with E-state index in [0.717, 1.165) is 24.9 Å². The summed E-state index contributed by atoms with van der Waals surface area (Å²) >= 11 is 6.38. The molecule has 1 atom stereocenters. The zero-order valence-corrected chi connectivity index (χ0v) is 19.6. The number of benzene rings is 2. The molecule has 8 nitrogen and oxygen atoms in total. The van der Waals surface area contributed by atoms with Gasteiger partial charge in [0, 0.05) is 41.5 Å². The van der Waals surface area contributed by atoms with Crippen LogP contribution in [0.15, 0.2) is 73.1 Å². The molecule has 4 aromatic rings. The van der Waals surface area contributed by atoms with Crippen molar-refractivity contribution in [2.45, 2.75) is 12.8 Å². The maximum Gasteiger partial charge on any atom is 0.270 e. The van der Waals surface area contributed by atoms with E-state index in [-0.39, 0.29) is 11.8 Å². The largest absolute Gasteiger partial charge is 0.340 e. The van der Waals surface area contributed by atoms with Crippen LogP contribution in [-0.2, 0) is 4.79 Å². The van der Waals surface area contributed by atoms with Crippen molar-refractivity contribution in [1.82, 2.24) is 25.8 Å². The third-order valence-corrected chi connectivity index (χ3v) is 6.37. The number of hydrogen-bond acceptors (Lipinski definition) is 6. The number of nitrogens with one attached hydrogen (secondary N) is 2. The number of aromatic nitrogens is 3. The number of halogens is 1. The summed E-state index contributed by atoms with van der Waals surface area (Å²) in [6.07, 6.45) is 4.92. The van der Waals surface area contributed by atoms with Crippen LogP contribution in [0, 0.1) is 5.92 Å². The molecule has 0 saturated carbocycles. The molecule has 9 heteroatoms. The van der Waals surface area contributed by atoms with E-state index in [2.05, 4.69) is 25.8 Å². The van der Waals surface area contributed by atoms with Gasteiger partial charge in [0.1, 0.15) is 0 Å². The number of carbonyl (C=O) groups excluding carboxylic acids is 2. The molecule has 0 bridgehead atoms. The van der Waals surface area contributed by atoms with Gasteiger partial charge in [0.15, 0.2) is 0 Å². The fourth-order valence-corrected chi connectivity index (χ4v) is 4.52. The van der Waals surface area contributed by atoms with Crippen molar-refractivity contribution in [1.29, 1.82) is 0 Å². The Kier molecular flexibility index (Phi) is 6.54. The molecule has 0 radical (unpaired) electrons. The molecule has 1 aliphatic heterocycles. The topological polar surface area (TPSA) is 100 Å². The predicted molar refractivity (Wildman–Crippen MR) is 135 cm³/mol. The summed E-state index contributed by atoms with van der Waals surface area (Å²) in [5, 5.41) is 1.22. The Morgan fingerprint density at radius 3 is 2.57 bits per heavy atom. The minimum atomic E-state index is -0.427. The molecule has 2 N–H and O–H groups in total. The summed E-state index contributed by atoms with van der Waals surface area (Å²) in [5.41, 5.74) is 7.55. The Balaban J connectivity index is 1.33. The maximum absolute atomic E-state index is 13.2. The molecular formula is C26H23ClN6O2. The summed E-state index contributed by atoms with van der Waals surface area (Å²) in [6, 6.07) is 18.2. The second kappa shape index (κ2) is 10.1. The van der Waals surface area contributed by atoms with Gasteiger partial charge >= 0.3 is 0 Å². The van der Waals surface area contributed by atoms with Crippen molar-refractivity contribution < 1.29 is 9.59 Å². The van der Waals surface area contributed by atoms with Crippen LogP contribution >= 0.6 is 11.6 Å². The Bertz CT molecular complexity index is 1380. The number of hydrazine groups is 1. The Labute approximate surface area is 207 Å². The number of pyridine rings is 1. The number of piperidine rings is 1. The van der Waals surface area contributed by atoms with Crippen LogP contribution in [0.25, 0.3) is 22.2 Å². The standard InChI is InChI=1S/C26H23ClN6O2/c27-21-10-3-1-9-19(21)23-15-20(18-8-2-4-11-22(18)30-23)25(35)32-31-24(34)17-7-5-14-33(16-17)26-28-12-6-13-29-26/h1-4,6,8-13,15,17H,5,7,14,16H2,(H,31,34)(H,32,35)/t17-/m0/s1. The van der Waals surface area contributed by atoms with Crippen LogP contribution in [0.5, 0.6) is 0 Å². The van der Waals surface area contributed by atoms with Crippen LogP contribution in [0.4, 0.5) is 5.95 Å². The molecule has 0 aliphatic carbocycles. The lowest BCUT2D eigenvalue weighted by atomic mass is 9.97. The SMILES string of the molecule is O=C(NNC(=O)[C@H]1CCCN(c2ncccn2)C1)c1cc(-c2ccccc2Cl)nc2ccccc12. The molecule has 176 valence electrons. The van der Waals surface area contributed by atoms with Crippen LogP contribution in [0.1, 0.15) is 23.2 Å². The van der Waals surface area contributed by atoms with Gasteiger partial charge in [-0.2, -0.15) is 0 Å². The first-order valence-corrected chi connectivity index (χ1v) is 11.7. The zero-order valence-electron chi connectivity index (χ0n) is 18.8. The van der Waals surface area contributed by atoms with Gasteiger partial charge in [-0.1, -0.05) is 48.0 Å². The molecule has 2 aromatic heterocycles. The third kappa shape index (κ3) is 4.93. The molecule has 5 rings (SSSR count). The van der Waals surface area contributed by atoms with E-state index in [4.69, 9.17) is 11.6 Å². The van der Waals surface area contributed by atoms with Crippen molar-refractivity contribution in [3.05, 3.63) is 83.6 Å². The third-order valence-electron chi connectivity index (χ3n) is 6.04. The van der Waals surface area contributed by atoms with Gasteiger partial charge in [0.05, 0.1) is 22.7 Å². The zero-order chi connectivity index (χ0) is 24.2. The van der Waals surface area contributed by atoms with E-state index in [1.54, 1.807) is 30.6 Å². The van der Waals surface area contributed by atoms with E-state index < -0.39 is 5.91 Å². The first kappa shape index (κ1) is 22.7. The lowest BCUT2D eigenvalue weighted by Crippen LogP contribution is -2.49. The molecule has 3 heterocycles. The van der Waals surface area contributed by atoms with E-state index in [9.17, 15) is 9.59 Å². The van der Waals surface area contributed by atoms with E-state index in [1.165, 1.54) is 0 Å². The van der Waals surface area contributed by atoms with E-state index in [0.29, 0.717) is 39.7 Å². The molecule has 1 fully saturated rings. The van der Waals surface area contributed by atoms with Crippen LogP contribution in [-0.4, -0.2) is 39.9 Å². The molecule has 1 aliphatic rings. The average molecular weight is 487 g/mol. The van der Waals surface area contributed by atoms with E-state index >= 15 is 0 Å². The molecule has 0 spiro atoms. The molecular weight excluding hydrogens is 464 g/mol. The quantitative estimate of drug-likeness (QED) is 0.422. The average Bonchev–Trinajstić information content (AvgIpc) is 2.91. The van der Waals surface area contributed by atoms with Crippen molar-refractivity contribution in [2.24, 2.45) is 5.92 Å². The van der Waals surface area contributed by atoms with Gasteiger partial charge in [-0.15, -0.1) is 0 Å². The number of amides is 2. The summed E-state index contributed by atoms with van der Waals surface area (Å²) in [4.78, 5) is 41.3. The number of fused-ring (bicyclic) bond motifs is 1. The Hall–Kier alpha value is -4.04. The summed E-state index contributed by atoms with van der Waals surface area (Å²) in [6.45, 7) is 1.27. The normalized spacial score (nSPS) is 15.6. The Morgan fingerprint density at radius 2 is 1.74 bits per heavy atom. The second-order valence-corrected chi connectivity index (χ2v) is 8.74. The van der Waals surface area contributed by atoms with Crippen LogP contribution < -0.4 is 15.8 Å². The molecule has 2 amide bonds. The number of anilines is 1. The maximum atomic E-state index is 13.2. The molecule has 2 aromatic carbocycles. The summed E-state index contributed by atoms with van der Waals surface area (Å²) in [7, 11) is 0. The number of para-hydroxylation sites is 1. The van der Waals surface area contributed by atoms with Crippen molar-refractivity contribution in [3.63, 3.8) is 0 Å². The lowest BCUT2D eigenvalue weighted by molar-refractivity contribution is -0.126. The smallest absolute Gasteiger partial charge is 0.270 e. The van der Waals surface area contributed by atoms with Crippen molar-refractivity contribution in [2.75, 3.05) is 18.0 Å². The van der Waals surface area contributed by atoms with Crippen molar-refractivity contribution in [3.8, 4) is 11.3 Å². The first-order valence-electron chi connectivity index (χ1n) is 11.4. The number of carbonyl (C=O) groups is 2. The van der Waals surface area contributed by atoms with Gasteiger partial charge in [0.2, 0.25) is 11.9 Å². The Morgan fingerprint density at radius 1 is 0.971 bits per heavy atom. The second-order valence-electron chi connectivity index (χ2n) is 8.33. The fraction of sp³-hybridized carbons (Fsp3) is 0.192. The van der Waals surface area contributed by atoms with Gasteiger partial charge in [-0.3, -0.25) is 20.4 Å². The van der Waals surface area contributed by atoms with Crippen LogP contribution in [0.3, 0.4) is 0 Å². The highest BCUT2D eigenvalue weighted by Gasteiger charge is 2.27. The van der Waals surface area contributed by atoms with Crippen LogP contribution in [0.2, 0.25) is 5.02 Å². The minimum Gasteiger partial charge on any atom is -0.340 e. The molecule has 1 saturated heterocycles. The highest BCUT2D eigenvalue weighted by Crippen LogP contribution is 2.29. The molecule has 35 heavy (non-hydrogen) atoms. The number of nitrogens with zero attached hydrogens (tertiary/aromatic N) is 4. The fourth-order valence-electron chi connectivity index (χ4n) is 4.29. The van der Waals surface area contributed by atoms with Gasteiger partial charge in [-0.25, -0.2) is 15.0 Å². The number of rotatable bonds is 4.